The van der Waals surface area contributed by atoms with E-state index in [1.54, 1.807) is 6.20 Å². The molecule has 0 aliphatic carbocycles. The van der Waals surface area contributed by atoms with Gasteiger partial charge in [0.2, 0.25) is 0 Å². The first-order valence-electron chi connectivity index (χ1n) is 9.26. The fraction of sp³-hybridized carbons (Fsp3) is 0.273. The summed E-state index contributed by atoms with van der Waals surface area (Å²) >= 11 is 0. The Hall–Kier alpha value is -2.92. The molecule has 1 aliphatic heterocycles. The Morgan fingerprint density at radius 1 is 1.07 bits per heavy atom. The van der Waals surface area contributed by atoms with E-state index in [9.17, 15) is 4.79 Å². The highest BCUT2D eigenvalue weighted by Gasteiger charge is 2.22. The first-order chi connectivity index (χ1) is 13.2. The molecule has 3 heterocycles. The van der Waals surface area contributed by atoms with Crippen molar-refractivity contribution < 1.29 is 9.21 Å². The fourth-order valence-corrected chi connectivity index (χ4v) is 3.44. The summed E-state index contributed by atoms with van der Waals surface area (Å²) in [6.07, 6.45) is 3.69. The first kappa shape index (κ1) is 17.5. The van der Waals surface area contributed by atoms with Crippen LogP contribution in [0.2, 0.25) is 0 Å². The monoisotopic (exact) mass is 361 g/mol. The van der Waals surface area contributed by atoms with Crippen LogP contribution in [-0.4, -0.2) is 46.9 Å². The van der Waals surface area contributed by atoms with E-state index in [0.717, 1.165) is 49.8 Å². The number of carbonyl (C=O) groups excluding carboxylic acids is 1. The van der Waals surface area contributed by atoms with Gasteiger partial charge in [0.1, 0.15) is 11.5 Å². The molecule has 0 atom stereocenters. The van der Waals surface area contributed by atoms with Crippen molar-refractivity contribution in [3.05, 3.63) is 77.8 Å². The van der Waals surface area contributed by atoms with Crippen LogP contribution in [0.4, 0.5) is 0 Å². The second-order valence-corrected chi connectivity index (χ2v) is 6.92. The first-order valence-corrected chi connectivity index (χ1v) is 9.26. The van der Waals surface area contributed by atoms with Gasteiger partial charge in [-0.1, -0.05) is 18.2 Å². The lowest BCUT2D eigenvalue weighted by atomic mass is 10.1. The minimum absolute atomic E-state index is 0.0844. The number of benzene rings is 1. The number of piperazine rings is 1. The molecule has 138 valence electrons. The molecule has 1 aromatic carbocycles. The summed E-state index contributed by atoms with van der Waals surface area (Å²) in [6.45, 7) is 6.02. The number of aryl methyl sites for hydroxylation is 1. The van der Waals surface area contributed by atoms with Gasteiger partial charge in [0.25, 0.3) is 5.91 Å². The minimum atomic E-state index is 0.0844. The molecular weight excluding hydrogens is 338 g/mol. The predicted octanol–water partition coefficient (Wildman–Crippen LogP) is 3.61. The van der Waals surface area contributed by atoms with E-state index >= 15 is 0 Å². The molecule has 1 saturated heterocycles. The van der Waals surface area contributed by atoms with Gasteiger partial charge in [-0.15, -0.1) is 0 Å². The Balaban J connectivity index is 1.39. The summed E-state index contributed by atoms with van der Waals surface area (Å²) in [7, 11) is 0. The van der Waals surface area contributed by atoms with E-state index in [4.69, 9.17) is 4.42 Å². The quantitative estimate of drug-likeness (QED) is 0.712. The van der Waals surface area contributed by atoms with Crippen LogP contribution in [0, 0.1) is 6.92 Å². The number of hydrogen-bond donors (Lipinski definition) is 0. The Kier molecular flexibility index (Phi) is 5.03. The van der Waals surface area contributed by atoms with E-state index in [-0.39, 0.29) is 5.91 Å². The van der Waals surface area contributed by atoms with Crippen molar-refractivity contribution in [2.24, 2.45) is 0 Å². The SMILES string of the molecule is Cc1ccc(-c2cccc(C(=O)N3CCN(Cc4cccnc4)CC3)c2)o1. The van der Waals surface area contributed by atoms with Gasteiger partial charge in [-0.2, -0.15) is 0 Å². The summed E-state index contributed by atoms with van der Waals surface area (Å²) < 4.78 is 5.68. The molecule has 0 bridgehead atoms. The van der Waals surface area contributed by atoms with Crippen LogP contribution in [0.1, 0.15) is 21.7 Å². The fourth-order valence-electron chi connectivity index (χ4n) is 3.44. The molecule has 3 aromatic rings. The maximum Gasteiger partial charge on any atom is 0.253 e. The van der Waals surface area contributed by atoms with E-state index in [0.29, 0.717) is 5.56 Å². The van der Waals surface area contributed by atoms with E-state index in [2.05, 4.69) is 16.0 Å². The van der Waals surface area contributed by atoms with Gasteiger partial charge >= 0.3 is 0 Å². The molecule has 0 N–H and O–H groups in total. The molecular formula is C22H23N3O2. The van der Waals surface area contributed by atoms with Gasteiger partial charge in [0.05, 0.1) is 0 Å². The maximum atomic E-state index is 12.9. The summed E-state index contributed by atoms with van der Waals surface area (Å²) in [6, 6.07) is 15.6. The lowest BCUT2D eigenvalue weighted by molar-refractivity contribution is 0.0628. The summed E-state index contributed by atoms with van der Waals surface area (Å²) in [5.74, 6) is 1.75. The van der Waals surface area contributed by atoms with Gasteiger partial charge in [0, 0.05) is 56.2 Å². The van der Waals surface area contributed by atoms with Gasteiger partial charge in [-0.25, -0.2) is 0 Å². The van der Waals surface area contributed by atoms with E-state index in [1.807, 2.05) is 60.5 Å². The standard InChI is InChI=1S/C22H23N3O2/c1-17-7-8-21(27-17)19-5-2-6-20(14-19)22(26)25-12-10-24(11-13-25)16-18-4-3-9-23-15-18/h2-9,14-15H,10-13,16H2,1H3. The van der Waals surface area contributed by atoms with Crippen molar-refractivity contribution in [2.75, 3.05) is 26.2 Å². The van der Waals surface area contributed by atoms with Crippen LogP contribution in [0.25, 0.3) is 11.3 Å². The van der Waals surface area contributed by atoms with Crippen LogP contribution in [0.15, 0.2) is 65.3 Å². The number of rotatable bonds is 4. The lowest BCUT2D eigenvalue weighted by Crippen LogP contribution is -2.48. The number of amides is 1. The molecule has 0 unspecified atom stereocenters. The Bertz CT molecular complexity index is 912. The Morgan fingerprint density at radius 3 is 2.63 bits per heavy atom. The number of furan rings is 1. The molecule has 0 spiro atoms. The van der Waals surface area contributed by atoms with Crippen molar-refractivity contribution in [1.82, 2.24) is 14.8 Å². The lowest BCUT2D eigenvalue weighted by Gasteiger charge is -2.34. The van der Waals surface area contributed by atoms with Crippen molar-refractivity contribution in [2.45, 2.75) is 13.5 Å². The average Bonchev–Trinajstić information content (AvgIpc) is 3.15. The number of nitrogens with zero attached hydrogens (tertiary/aromatic N) is 3. The Morgan fingerprint density at radius 2 is 1.93 bits per heavy atom. The summed E-state index contributed by atoms with van der Waals surface area (Å²) in [5, 5.41) is 0. The van der Waals surface area contributed by atoms with Crippen molar-refractivity contribution in [3.8, 4) is 11.3 Å². The van der Waals surface area contributed by atoms with Gasteiger partial charge in [0.15, 0.2) is 0 Å². The topological polar surface area (TPSA) is 49.6 Å². The molecule has 27 heavy (non-hydrogen) atoms. The number of aromatic nitrogens is 1. The normalized spacial score (nSPS) is 15.1. The molecule has 0 radical (unpaired) electrons. The molecule has 0 saturated carbocycles. The van der Waals surface area contributed by atoms with Crippen molar-refractivity contribution in [1.29, 1.82) is 0 Å². The van der Waals surface area contributed by atoms with Crippen LogP contribution >= 0.6 is 0 Å². The zero-order valence-electron chi connectivity index (χ0n) is 15.5. The van der Waals surface area contributed by atoms with Gasteiger partial charge in [-0.05, 0) is 42.8 Å². The van der Waals surface area contributed by atoms with Crippen LogP contribution in [0.3, 0.4) is 0 Å². The van der Waals surface area contributed by atoms with Crippen molar-refractivity contribution in [3.63, 3.8) is 0 Å². The van der Waals surface area contributed by atoms with Crippen LogP contribution < -0.4 is 0 Å². The summed E-state index contributed by atoms with van der Waals surface area (Å²) in [5.41, 5.74) is 2.85. The molecule has 5 heteroatoms. The predicted molar refractivity (Wildman–Crippen MR) is 104 cm³/mol. The number of carbonyl (C=O) groups is 1. The smallest absolute Gasteiger partial charge is 0.253 e. The third kappa shape index (κ3) is 4.09. The van der Waals surface area contributed by atoms with Gasteiger partial charge in [-0.3, -0.25) is 14.7 Å². The largest absolute Gasteiger partial charge is 0.461 e. The van der Waals surface area contributed by atoms with E-state index in [1.165, 1.54) is 5.56 Å². The van der Waals surface area contributed by atoms with E-state index < -0.39 is 0 Å². The highest BCUT2D eigenvalue weighted by Crippen LogP contribution is 2.23. The zero-order chi connectivity index (χ0) is 18.6. The highest BCUT2D eigenvalue weighted by atomic mass is 16.3. The maximum absolute atomic E-state index is 12.9. The summed E-state index contributed by atoms with van der Waals surface area (Å²) in [4.78, 5) is 21.4. The molecule has 2 aromatic heterocycles. The third-order valence-corrected chi connectivity index (χ3v) is 4.92. The Labute approximate surface area is 159 Å². The molecule has 1 fully saturated rings. The van der Waals surface area contributed by atoms with Crippen LogP contribution in [-0.2, 0) is 6.54 Å². The average molecular weight is 361 g/mol. The minimum Gasteiger partial charge on any atom is -0.461 e. The van der Waals surface area contributed by atoms with Crippen molar-refractivity contribution >= 4 is 5.91 Å². The second-order valence-electron chi connectivity index (χ2n) is 6.92. The molecule has 4 rings (SSSR count). The zero-order valence-corrected chi connectivity index (χ0v) is 15.5. The molecule has 5 nitrogen and oxygen atoms in total. The number of pyridine rings is 1. The third-order valence-electron chi connectivity index (χ3n) is 4.92. The second kappa shape index (κ2) is 7.76. The van der Waals surface area contributed by atoms with Crippen LogP contribution in [0.5, 0.6) is 0 Å². The molecule has 1 amide bonds. The molecule has 1 aliphatic rings. The number of hydrogen-bond acceptors (Lipinski definition) is 4. The van der Waals surface area contributed by atoms with Gasteiger partial charge < -0.3 is 9.32 Å². The highest BCUT2D eigenvalue weighted by molar-refractivity contribution is 5.95.